The minimum atomic E-state index is 0.0240. The number of benzene rings is 5. The number of allylic oxidation sites excluding steroid dienone is 2. The normalized spacial score (nSPS) is 13.3. The summed E-state index contributed by atoms with van der Waals surface area (Å²) in [7, 11) is 0. The van der Waals surface area contributed by atoms with Gasteiger partial charge in [-0.1, -0.05) is 67.3 Å². The van der Waals surface area contributed by atoms with Crippen molar-refractivity contribution in [1.29, 1.82) is 0 Å². The van der Waals surface area contributed by atoms with E-state index < -0.39 is 0 Å². The van der Waals surface area contributed by atoms with Crippen LogP contribution < -0.4 is 5.06 Å². The fourth-order valence-corrected chi connectivity index (χ4v) is 7.01. The van der Waals surface area contributed by atoms with E-state index in [1.165, 1.54) is 42.8 Å². The Morgan fingerprint density at radius 1 is 0.700 bits per heavy atom. The number of para-hydroxylation sites is 2. The Morgan fingerprint density at radius 3 is 2.20 bits per heavy atom. The van der Waals surface area contributed by atoms with Crippen molar-refractivity contribution < 1.29 is 5.06 Å². The number of aromatic nitrogens is 1. The lowest BCUT2D eigenvalue weighted by Gasteiger charge is -2.21. The highest BCUT2D eigenvalue weighted by atomic mass is 32.1. The van der Waals surface area contributed by atoms with Crippen LogP contribution in [-0.4, -0.2) is 4.40 Å². The van der Waals surface area contributed by atoms with Gasteiger partial charge in [0.25, 0.3) is 0 Å². The molecule has 8 rings (SSSR count). The van der Waals surface area contributed by atoms with Gasteiger partial charge >= 0.3 is 0 Å². The number of thiophene rings is 1. The molecular formula is C36H24N2OS. The van der Waals surface area contributed by atoms with Gasteiger partial charge in [0.05, 0.1) is 16.6 Å². The predicted octanol–water partition coefficient (Wildman–Crippen LogP) is 9.12. The summed E-state index contributed by atoms with van der Waals surface area (Å²) in [5.74, 6) is 0. The van der Waals surface area contributed by atoms with E-state index in [9.17, 15) is 5.21 Å². The first-order valence-corrected chi connectivity index (χ1v) is 14.2. The fourth-order valence-electron chi connectivity index (χ4n) is 6.09. The Hall–Kier alpha value is -4.74. The Kier molecular flexibility index (Phi) is 5.16. The van der Waals surface area contributed by atoms with Gasteiger partial charge in [0.2, 0.25) is 0 Å². The first kappa shape index (κ1) is 23.2. The molecule has 1 atom stereocenters. The van der Waals surface area contributed by atoms with Gasteiger partial charge in [-0.15, -0.1) is 11.3 Å². The summed E-state index contributed by atoms with van der Waals surface area (Å²) in [6.45, 7) is 4.05. The molecule has 0 aliphatic heterocycles. The second-order valence-electron chi connectivity index (χ2n) is 10.2. The van der Waals surface area contributed by atoms with Crippen molar-refractivity contribution in [3.05, 3.63) is 144 Å². The molecule has 1 unspecified atom stereocenters. The van der Waals surface area contributed by atoms with Crippen LogP contribution in [0.15, 0.2) is 127 Å². The molecule has 0 bridgehead atoms. The molecule has 0 saturated heterocycles. The third-order valence-electron chi connectivity index (χ3n) is 8.01. The Bertz CT molecular complexity index is 2250. The second-order valence-corrected chi connectivity index (χ2v) is 11.1. The van der Waals surface area contributed by atoms with Crippen molar-refractivity contribution in [2.24, 2.45) is 0 Å². The molecular weight excluding hydrogens is 508 g/mol. The highest BCUT2D eigenvalue weighted by Gasteiger charge is 2.18. The van der Waals surface area contributed by atoms with Gasteiger partial charge < -0.3 is 14.7 Å². The highest BCUT2D eigenvalue weighted by Crippen LogP contribution is 2.39. The van der Waals surface area contributed by atoms with Gasteiger partial charge in [-0.25, -0.2) is 0 Å². The lowest BCUT2D eigenvalue weighted by Crippen LogP contribution is -2.96. The summed E-state index contributed by atoms with van der Waals surface area (Å²) in [4.78, 5) is 0. The Labute approximate surface area is 235 Å². The van der Waals surface area contributed by atoms with E-state index in [0.717, 1.165) is 22.0 Å². The van der Waals surface area contributed by atoms with Crippen LogP contribution in [0.3, 0.4) is 0 Å². The number of hydrogen-bond donors (Lipinski definition) is 1. The molecule has 0 saturated carbocycles. The Balaban J connectivity index is 1.17. The van der Waals surface area contributed by atoms with Crippen LogP contribution in [0.1, 0.15) is 11.1 Å². The smallest absolute Gasteiger partial charge is 0.137 e. The van der Waals surface area contributed by atoms with Crippen molar-refractivity contribution in [3.8, 4) is 0 Å². The quantitative estimate of drug-likeness (QED) is 0.174. The van der Waals surface area contributed by atoms with Crippen LogP contribution in [0.2, 0.25) is 0 Å². The number of quaternary nitrogens is 1. The van der Waals surface area contributed by atoms with Crippen LogP contribution in [0, 0.1) is 5.21 Å². The molecule has 190 valence electrons. The predicted molar refractivity (Wildman–Crippen MR) is 171 cm³/mol. The van der Waals surface area contributed by atoms with E-state index in [0.29, 0.717) is 11.4 Å². The first-order valence-electron chi connectivity index (χ1n) is 13.3. The fraction of sp³-hybridized carbons (Fsp3) is 0. The largest absolute Gasteiger partial charge is 0.623 e. The number of nitrogens with one attached hydrogen (secondary N) is 1. The average Bonchev–Trinajstić information content (AvgIpc) is 3.68. The van der Waals surface area contributed by atoms with Gasteiger partial charge in [0.1, 0.15) is 11.4 Å². The maximum absolute atomic E-state index is 13.6. The second kappa shape index (κ2) is 8.90. The van der Waals surface area contributed by atoms with E-state index in [2.05, 4.69) is 101 Å². The zero-order chi connectivity index (χ0) is 26.8. The maximum atomic E-state index is 13.6. The molecule has 40 heavy (non-hydrogen) atoms. The zero-order valence-electron chi connectivity index (χ0n) is 21.6. The number of fused-ring (bicyclic) bond motifs is 7. The number of rotatable bonds is 5. The van der Waals surface area contributed by atoms with Crippen molar-refractivity contribution in [1.82, 2.24) is 4.40 Å². The molecule has 3 heterocycles. The van der Waals surface area contributed by atoms with Crippen LogP contribution in [0.5, 0.6) is 0 Å². The molecule has 0 aliphatic carbocycles. The van der Waals surface area contributed by atoms with E-state index >= 15 is 0 Å². The van der Waals surface area contributed by atoms with E-state index in [4.69, 9.17) is 0 Å². The SMILES string of the molecule is C=C/C(=C\c1csc2ccccc12)c1ccc([NH+]([O-])c2ccc3c(c2)c2cccc4c5ccccc5n3c42)cc1. The molecule has 5 aromatic carbocycles. The maximum Gasteiger partial charge on any atom is 0.137 e. The molecule has 0 aliphatic rings. The minimum absolute atomic E-state index is 0.0240. The van der Waals surface area contributed by atoms with Gasteiger partial charge in [-0.3, -0.25) is 0 Å². The number of hydrogen-bond acceptors (Lipinski definition) is 2. The third-order valence-corrected chi connectivity index (χ3v) is 8.99. The highest BCUT2D eigenvalue weighted by molar-refractivity contribution is 7.17. The molecule has 4 heteroatoms. The van der Waals surface area contributed by atoms with E-state index in [1.807, 2.05) is 36.4 Å². The van der Waals surface area contributed by atoms with Crippen LogP contribution in [0.25, 0.3) is 59.8 Å². The molecule has 0 fully saturated rings. The third kappa shape index (κ3) is 3.38. The van der Waals surface area contributed by atoms with E-state index in [-0.39, 0.29) is 5.06 Å². The monoisotopic (exact) mass is 532 g/mol. The van der Waals surface area contributed by atoms with Gasteiger partial charge in [-0.05, 0) is 63.9 Å². The zero-order valence-corrected chi connectivity index (χ0v) is 22.4. The van der Waals surface area contributed by atoms with Gasteiger partial charge in [0.15, 0.2) is 0 Å². The molecule has 0 amide bonds. The van der Waals surface area contributed by atoms with Crippen molar-refractivity contribution in [2.45, 2.75) is 0 Å². The van der Waals surface area contributed by atoms with Crippen LogP contribution in [-0.2, 0) is 0 Å². The lowest BCUT2D eigenvalue weighted by atomic mass is 10.0. The van der Waals surface area contributed by atoms with Crippen LogP contribution in [0.4, 0.5) is 11.4 Å². The summed E-state index contributed by atoms with van der Waals surface area (Å²) in [6.07, 6.45) is 4.05. The first-order chi connectivity index (χ1) is 19.7. The van der Waals surface area contributed by atoms with Gasteiger partial charge in [0, 0.05) is 50.5 Å². The summed E-state index contributed by atoms with van der Waals surface area (Å²) in [5.41, 5.74) is 8.16. The molecule has 0 spiro atoms. The summed E-state index contributed by atoms with van der Waals surface area (Å²) < 4.78 is 3.60. The standard InChI is InChI=1S/C36H24N2OS/c1-2-23(20-25-22-40-35-13-6-4-8-28(25)35)24-14-16-26(17-15-24)38(39)27-18-19-34-32(21-27)31-11-7-10-30-29-9-3-5-12-33(29)37(34)36(30)31/h2-22,38H,1H2/b23-20+. The molecule has 8 aromatic rings. The van der Waals surface area contributed by atoms with E-state index in [1.54, 1.807) is 11.3 Å². The van der Waals surface area contributed by atoms with Crippen molar-refractivity contribution >= 4 is 82.5 Å². The van der Waals surface area contributed by atoms with Gasteiger partial charge in [-0.2, -0.15) is 0 Å². The molecule has 3 aromatic heterocycles. The topological polar surface area (TPSA) is 31.9 Å². The summed E-state index contributed by atoms with van der Waals surface area (Å²) >= 11 is 1.74. The lowest BCUT2D eigenvalue weighted by molar-refractivity contribution is -0.698. The average molecular weight is 533 g/mol. The molecule has 3 nitrogen and oxygen atoms in total. The van der Waals surface area contributed by atoms with Crippen molar-refractivity contribution in [2.75, 3.05) is 0 Å². The Morgan fingerprint density at radius 2 is 1.38 bits per heavy atom. The number of nitrogens with zero attached hydrogens (tertiary/aromatic N) is 1. The van der Waals surface area contributed by atoms with Crippen molar-refractivity contribution in [3.63, 3.8) is 0 Å². The van der Waals surface area contributed by atoms with Crippen LogP contribution >= 0.6 is 11.3 Å². The molecule has 1 N–H and O–H groups in total. The minimum Gasteiger partial charge on any atom is -0.623 e. The summed E-state index contributed by atoms with van der Waals surface area (Å²) in [6, 6.07) is 37.4. The molecule has 0 radical (unpaired) electrons. The summed E-state index contributed by atoms with van der Waals surface area (Å²) in [5, 5.41) is 21.9.